The topological polar surface area (TPSA) is 73.3 Å². The number of carbonyl (C=O) groups excluding carboxylic acids is 1. The van der Waals surface area contributed by atoms with Gasteiger partial charge in [-0.2, -0.15) is 0 Å². The SMILES string of the molecule is CCN(CC)C1CCN(C(=O)N2CCOC(C(=O)O)C2)C1. The van der Waals surface area contributed by atoms with Crippen LogP contribution in [-0.2, 0) is 9.53 Å². The van der Waals surface area contributed by atoms with Crippen LogP contribution in [0.25, 0.3) is 0 Å². The van der Waals surface area contributed by atoms with Crippen LogP contribution in [-0.4, -0.2) is 89.8 Å². The molecule has 2 heterocycles. The number of carbonyl (C=O) groups is 2. The van der Waals surface area contributed by atoms with Gasteiger partial charge in [-0.3, -0.25) is 4.90 Å². The number of likely N-dealkylation sites (N-methyl/N-ethyl adjacent to an activating group) is 1. The maximum Gasteiger partial charge on any atom is 0.334 e. The summed E-state index contributed by atoms with van der Waals surface area (Å²) >= 11 is 0. The Bertz CT molecular complexity index is 386. The second-order valence-electron chi connectivity index (χ2n) is 5.54. The molecular weight excluding hydrogens is 274 g/mol. The summed E-state index contributed by atoms with van der Waals surface area (Å²) in [6.45, 7) is 8.61. The first-order valence-electron chi connectivity index (χ1n) is 7.69. The van der Waals surface area contributed by atoms with Gasteiger partial charge in [0.15, 0.2) is 6.10 Å². The molecule has 0 saturated carbocycles. The molecule has 0 aromatic heterocycles. The van der Waals surface area contributed by atoms with Crippen LogP contribution in [0.3, 0.4) is 0 Å². The van der Waals surface area contributed by atoms with Gasteiger partial charge in [0.25, 0.3) is 0 Å². The van der Waals surface area contributed by atoms with E-state index in [9.17, 15) is 9.59 Å². The molecule has 0 radical (unpaired) electrons. The van der Waals surface area contributed by atoms with Crippen LogP contribution in [0, 0.1) is 0 Å². The third-order valence-electron chi connectivity index (χ3n) is 4.38. The number of carboxylic acids is 1. The lowest BCUT2D eigenvalue weighted by atomic mass is 10.2. The van der Waals surface area contributed by atoms with E-state index in [2.05, 4.69) is 18.7 Å². The van der Waals surface area contributed by atoms with Crippen LogP contribution < -0.4 is 0 Å². The van der Waals surface area contributed by atoms with Crippen molar-refractivity contribution in [2.24, 2.45) is 0 Å². The van der Waals surface area contributed by atoms with E-state index in [1.165, 1.54) is 0 Å². The monoisotopic (exact) mass is 299 g/mol. The number of carboxylic acid groups (broad SMARTS) is 1. The molecule has 2 amide bonds. The molecule has 2 atom stereocenters. The van der Waals surface area contributed by atoms with Gasteiger partial charge in [0, 0.05) is 25.7 Å². The molecule has 2 unspecified atom stereocenters. The number of rotatable bonds is 4. The third-order valence-corrected chi connectivity index (χ3v) is 4.38. The molecule has 1 N–H and O–H groups in total. The van der Waals surface area contributed by atoms with E-state index in [4.69, 9.17) is 9.84 Å². The van der Waals surface area contributed by atoms with Crippen molar-refractivity contribution in [2.75, 3.05) is 45.9 Å². The average Bonchev–Trinajstić information content (AvgIpc) is 2.97. The van der Waals surface area contributed by atoms with Gasteiger partial charge in [-0.05, 0) is 19.5 Å². The fourth-order valence-corrected chi connectivity index (χ4v) is 3.13. The quantitative estimate of drug-likeness (QED) is 0.808. The molecule has 2 rings (SSSR count). The van der Waals surface area contributed by atoms with Crippen molar-refractivity contribution < 1.29 is 19.4 Å². The molecule has 120 valence electrons. The van der Waals surface area contributed by atoms with E-state index >= 15 is 0 Å². The summed E-state index contributed by atoms with van der Waals surface area (Å²) in [6, 6.07) is 0.361. The number of nitrogens with zero attached hydrogens (tertiary/aromatic N) is 3. The zero-order chi connectivity index (χ0) is 15.4. The van der Waals surface area contributed by atoms with Gasteiger partial charge in [0.2, 0.25) is 0 Å². The summed E-state index contributed by atoms with van der Waals surface area (Å²) < 4.78 is 5.16. The van der Waals surface area contributed by atoms with Crippen molar-refractivity contribution in [3.05, 3.63) is 0 Å². The molecule has 7 nitrogen and oxygen atoms in total. The van der Waals surface area contributed by atoms with Crippen LogP contribution in [0.15, 0.2) is 0 Å². The molecule has 0 aliphatic carbocycles. The molecule has 21 heavy (non-hydrogen) atoms. The van der Waals surface area contributed by atoms with Crippen molar-refractivity contribution in [2.45, 2.75) is 32.4 Å². The lowest BCUT2D eigenvalue weighted by Crippen LogP contribution is -2.52. The predicted octanol–water partition coefficient (Wildman–Crippen LogP) is 0.308. The smallest absolute Gasteiger partial charge is 0.334 e. The highest BCUT2D eigenvalue weighted by Gasteiger charge is 2.35. The minimum atomic E-state index is -1.00. The summed E-state index contributed by atoms with van der Waals surface area (Å²) in [5, 5.41) is 9.00. The fourth-order valence-electron chi connectivity index (χ4n) is 3.13. The maximum atomic E-state index is 12.5. The highest BCUT2D eigenvalue weighted by atomic mass is 16.5. The van der Waals surface area contributed by atoms with E-state index in [0.29, 0.717) is 12.6 Å². The highest BCUT2D eigenvalue weighted by molar-refractivity contribution is 5.77. The number of ether oxygens (including phenoxy) is 1. The molecule has 2 aliphatic rings. The molecule has 2 aliphatic heterocycles. The van der Waals surface area contributed by atoms with E-state index < -0.39 is 12.1 Å². The number of hydrogen-bond acceptors (Lipinski definition) is 4. The summed E-state index contributed by atoms with van der Waals surface area (Å²) in [4.78, 5) is 29.3. The molecule has 7 heteroatoms. The highest BCUT2D eigenvalue weighted by Crippen LogP contribution is 2.18. The molecule has 2 saturated heterocycles. The van der Waals surface area contributed by atoms with E-state index in [1.54, 1.807) is 4.90 Å². The van der Waals surface area contributed by atoms with Crippen LogP contribution in [0.1, 0.15) is 20.3 Å². The van der Waals surface area contributed by atoms with Gasteiger partial charge < -0.3 is 19.6 Å². The normalized spacial score (nSPS) is 26.4. The van der Waals surface area contributed by atoms with E-state index in [1.807, 2.05) is 4.90 Å². The Morgan fingerprint density at radius 3 is 2.48 bits per heavy atom. The Hall–Kier alpha value is -1.34. The Labute approximate surface area is 125 Å². The molecular formula is C14H25N3O4. The number of likely N-dealkylation sites (tertiary alicyclic amines) is 1. The first-order valence-corrected chi connectivity index (χ1v) is 7.69. The van der Waals surface area contributed by atoms with Crippen LogP contribution in [0.2, 0.25) is 0 Å². The Balaban J connectivity index is 1.90. The van der Waals surface area contributed by atoms with Gasteiger partial charge in [-0.15, -0.1) is 0 Å². The van der Waals surface area contributed by atoms with Crippen molar-refractivity contribution in [3.8, 4) is 0 Å². The number of urea groups is 1. The minimum absolute atomic E-state index is 0.0563. The van der Waals surface area contributed by atoms with Crippen LogP contribution >= 0.6 is 0 Å². The number of amides is 2. The van der Waals surface area contributed by atoms with Crippen LogP contribution in [0.5, 0.6) is 0 Å². The van der Waals surface area contributed by atoms with E-state index in [0.717, 1.165) is 32.6 Å². The number of hydrogen-bond donors (Lipinski definition) is 1. The van der Waals surface area contributed by atoms with Gasteiger partial charge in [0.05, 0.1) is 13.2 Å². The third kappa shape index (κ3) is 3.65. The first-order chi connectivity index (χ1) is 10.1. The Kier molecular flexibility index (Phi) is 5.41. The summed E-state index contributed by atoms with van der Waals surface area (Å²) in [5.74, 6) is -1.00. The molecule has 0 bridgehead atoms. The second-order valence-corrected chi connectivity index (χ2v) is 5.54. The Morgan fingerprint density at radius 1 is 1.19 bits per heavy atom. The zero-order valence-electron chi connectivity index (χ0n) is 12.8. The lowest BCUT2D eigenvalue weighted by molar-refractivity contribution is -0.154. The first kappa shape index (κ1) is 16.0. The minimum Gasteiger partial charge on any atom is -0.479 e. The largest absolute Gasteiger partial charge is 0.479 e. The summed E-state index contributed by atoms with van der Waals surface area (Å²) in [6.07, 6.45) is 0.0870. The van der Waals surface area contributed by atoms with Gasteiger partial charge in [-0.1, -0.05) is 13.8 Å². The molecule has 2 fully saturated rings. The van der Waals surface area contributed by atoms with Crippen molar-refractivity contribution in [1.29, 1.82) is 0 Å². The molecule has 0 spiro atoms. The molecule has 0 aromatic carbocycles. The van der Waals surface area contributed by atoms with Gasteiger partial charge in [0.1, 0.15) is 0 Å². The number of aliphatic carboxylic acids is 1. The predicted molar refractivity (Wildman–Crippen MR) is 77.2 cm³/mol. The zero-order valence-corrected chi connectivity index (χ0v) is 12.8. The fraction of sp³-hybridized carbons (Fsp3) is 0.857. The van der Waals surface area contributed by atoms with Gasteiger partial charge in [-0.25, -0.2) is 9.59 Å². The number of morpholine rings is 1. The standard InChI is InChI=1S/C14H25N3O4/c1-3-15(4-2)11-5-6-16(9-11)14(20)17-7-8-21-12(10-17)13(18)19/h11-12H,3-10H2,1-2H3,(H,18,19). The summed E-state index contributed by atoms with van der Waals surface area (Å²) in [7, 11) is 0. The maximum absolute atomic E-state index is 12.5. The second kappa shape index (κ2) is 7.09. The van der Waals surface area contributed by atoms with Crippen molar-refractivity contribution >= 4 is 12.0 Å². The van der Waals surface area contributed by atoms with Crippen molar-refractivity contribution in [3.63, 3.8) is 0 Å². The van der Waals surface area contributed by atoms with E-state index in [-0.39, 0.29) is 19.2 Å². The Morgan fingerprint density at radius 2 is 1.86 bits per heavy atom. The van der Waals surface area contributed by atoms with Crippen molar-refractivity contribution in [1.82, 2.24) is 14.7 Å². The lowest BCUT2D eigenvalue weighted by Gasteiger charge is -2.34. The molecule has 0 aromatic rings. The van der Waals surface area contributed by atoms with Gasteiger partial charge >= 0.3 is 12.0 Å². The van der Waals surface area contributed by atoms with Crippen LogP contribution in [0.4, 0.5) is 4.79 Å². The summed E-state index contributed by atoms with van der Waals surface area (Å²) in [5.41, 5.74) is 0. The average molecular weight is 299 g/mol.